The van der Waals surface area contributed by atoms with Gasteiger partial charge in [-0.2, -0.15) is 0 Å². The Morgan fingerprint density at radius 2 is 1.73 bits per heavy atom. The lowest BCUT2D eigenvalue weighted by molar-refractivity contribution is -0.160. The zero-order valence-corrected chi connectivity index (χ0v) is 29.9. The van der Waals surface area contributed by atoms with Crippen LogP contribution in [0.25, 0.3) is 28.0 Å². The molecule has 7 rings (SSSR count). The van der Waals surface area contributed by atoms with Gasteiger partial charge in [0.15, 0.2) is 6.10 Å². The number of hydrogen-bond donors (Lipinski definition) is 1. The lowest BCUT2D eigenvalue weighted by atomic mass is 9.92. The monoisotopic (exact) mass is 653 g/mol. The number of carbonyl (C=O) groups is 1. The topological polar surface area (TPSA) is 85.5 Å². The maximum Gasteiger partial charge on any atom is 0.337 e. The average Bonchev–Trinajstić information content (AvgIpc) is 3.44. The third-order valence-corrected chi connectivity index (χ3v) is 9.90. The van der Waals surface area contributed by atoms with E-state index in [4.69, 9.17) is 19.2 Å². The van der Waals surface area contributed by atoms with E-state index < -0.39 is 17.7 Å². The molecule has 6 bridgehead atoms. The third kappa shape index (κ3) is 7.10. The van der Waals surface area contributed by atoms with E-state index in [0.29, 0.717) is 12.2 Å². The van der Waals surface area contributed by atoms with Gasteiger partial charge in [0.25, 0.3) is 0 Å². The second-order valence-corrected chi connectivity index (χ2v) is 15.1. The van der Waals surface area contributed by atoms with Gasteiger partial charge in [-0.25, -0.2) is 9.78 Å². The molecule has 1 saturated heterocycles. The first-order chi connectivity index (χ1) is 22.7. The van der Waals surface area contributed by atoms with Gasteiger partial charge >= 0.3 is 5.97 Å². The Labute approximate surface area is 285 Å². The number of aromatic nitrogens is 2. The van der Waals surface area contributed by atoms with Crippen molar-refractivity contribution >= 4 is 17.4 Å². The van der Waals surface area contributed by atoms with Crippen LogP contribution in [0.15, 0.2) is 48.7 Å². The molecule has 3 aliphatic rings. The summed E-state index contributed by atoms with van der Waals surface area (Å²) in [7, 11) is 0. The van der Waals surface area contributed by atoms with E-state index in [-0.39, 0.29) is 11.7 Å². The van der Waals surface area contributed by atoms with E-state index in [1.807, 2.05) is 40.0 Å². The first-order valence-corrected chi connectivity index (χ1v) is 17.4. The van der Waals surface area contributed by atoms with E-state index >= 15 is 0 Å². The van der Waals surface area contributed by atoms with Gasteiger partial charge in [-0.3, -0.25) is 4.40 Å². The summed E-state index contributed by atoms with van der Waals surface area (Å²) in [4.78, 5) is 20.3. The maximum atomic E-state index is 12.9. The Bertz CT molecular complexity index is 1810. The molecule has 4 aromatic rings. The second kappa shape index (κ2) is 13.2. The molecule has 2 unspecified atom stereocenters. The maximum absolute atomic E-state index is 12.9. The quantitative estimate of drug-likeness (QED) is 0.236. The van der Waals surface area contributed by atoms with Crippen molar-refractivity contribution in [2.75, 3.05) is 24.6 Å². The van der Waals surface area contributed by atoms with E-state index in [0.717, 1.165) is 90.4 Å². The number of anilines is 1. The molecule has 1 fully saturated rings. The van der Waals surface area contributed by atoms with Gasteiger partial charge in [0.05, 0.1) is 23.0 Å². The number of benzene rings is 2. The molecule has 256 valence electrons. The Hall–Kier alpha value is -3.88. The molecule has 1 N–H and O–H groups in total. The Kier molecular flexibility index (Phi) is 9.35. The number of ether oxygens (including phenoxy) is 3. The molecule has 0 amide bonds. The molecule has 48 heavy (non-hydrogen) atoms. The zero-order chi connectivity index (χ0) is 34.4. The number of rotatable bonds is 3. The first-order valence-electron chi connectivity index (χ1n) is 17.4. The number of hydrogen-bond acceptors (Lipinski definition) is 6. The van der Waals surface area contributed by atoms with Crippen LogP contribution in [-0.4, -0.2) is 57.5 Å². The Balaban J connectivity index is 1.54. The second-order valence-electron chi connectivity index (χ2n) is 15.1. The summed E-state index contributed by atoms with van der Waals surface area (Å²) in [6.07, 6.45) is 5.59. The van der Waals surface area contributed by atoms with Gasteiger partial charge in [0, 0.05) is 42.6 Å². The summed E-state index contributed by atoms with van der Waals surface area (Å²) in [5.74, 6) is 0.711. The number of aliphatic carboxylic acids is 1. The smallest absolute Gasteiger partial charge is 0.337 e. The van der Waals surface area contributed by atoms with E-state index in [1.54, 1.807) is 0 Å². The first kappa shape index (κ1) is 34.0. The van der Waals surface area contributed by atoms with E-state index in [9.17, 15) is 9.90 Å². The third-order valence-electron chi connectivity index (χ3n) is 9.90. The molecule has 0 aliphatic carbocycles. The molecule has 0 saturated carbocycles. The van der Waals surface area contributed by atoms with Crippen molar-refractivity contribution in [1.29, 1.82) is 0 Å². The predicted octanol–water partition coefficient (Wildman–Crippen LogP) is 8.86. The molecule has 0 spiro atoms. The molecular weight excluding hydrogens is 602 g/mol. The number of imidazole rings is 1. The molecule has 0 radical (unpaired) electrons. The van der Waals surface area contributed by atoms with E-state index in [1.165, 1.54) is 11.1 Å². The Morgan fingerprint density at radius 3 is 2.44 bits per heavy atom. The highest BCUT2D eigenvalue weighted by molar-refractivity contribution is 5.81. The fourth-order valence-corrected chi connectivity index (χ4v) is 7.04. The number of pyridine rings is 1. The number of nitrogens with zero attached hydrogens (tertiary/aromatic N) is 3. The van der Waals surface area contributed by atoms with Gasteiger partial charge in [-0.05, 0) is 134 Å². The van der Waals surface area contributed by atoms with Crippen molar-refractivity contribution in [3.05, 3.63) is 70.9 Å². The SMILES string of the molecule is Cc1cc2c(cc1C)-c1cccc(c1)-c1cn3c(c(C(OC(C)(C)C)C(=O)O)c(C)cc3n1)N1CCC(C)(CC1)OCCCCC(C)O2. The van der Waals surface area contributed by atoms with Gasteiger partial charge in [-0.1, -0.05) is 18.2 Å². The molecule has 8 heteroatoms. The molecule has 5 heterocycles. The normalized spacial score (nSPS) is 21.2. The van der Waals surface area contributed by atoms with Gasteiger partial charge in [0.2, 0.25) is 0 Å². The van der Waals surface area contributed by atoms with Crippen LogP contribution >= 0.6 is 0 Å². The average molecular weight is 654 g/mol. The highest BCUT2D eigenvalue weighted by atomic mass is 16.5. The van der Waals surface area contributed by atoms with Crippen LogP contribution in [0.1, 0.15) is 95.1 Å². The van der Waals surface area contributed by atoms with Crippen molar-refractivity contribution < 1.29 is 24.1 Å². The summed E-state index contributed by atoms with van der Waals surface area (Å²) >= 11 is 0. The number of carboxylic acid groups (broad SMARTS) is 1. The van der Waals surface area contributed by atoms with Crippen molar-refractivity contribution in [1.82, 2.24) is 9.38 Å². The highest BCUT2D eigenvalue weighted by Gasteiger charge is 2.37. The minimum absolute atomic E-state index is 0.0737. The lowest BCUT2D eigenvalue weighted by Gasteiger charge is -2.41. The van der Waals surface area contributed by atoms with Gasteiger partial charge < -0.3 is 24.2 Å². The minimum atomic E-state index is -1.14. The van der Waals surface area contributed by atoms with Crippen LogP contribution in [0.4, 0.5) is 5.82 Å². The molecule has 2 aromatic carbocycles. The van der Waals surface area contributed by atoms with Gasteiger partial charge in [-0.15, -0.1) is 0 Å². The van der Waals surface area contributed by atoms with Crippen molar-refractivity contribution in [3.8, 4) is 28.1 Å². The summed E-state index contributed by atoms with van der Waals surface area (Å²) in [6, 6.07) is 14.8. The standard InChI is InChI=1S/C40H51N3O5/c1-25-20-31-29-13-11-14-30(23-29)32-24-43-34(41-32)22-27(3)35(36(38(44)45)48-39(5,6)7)37(43)42-17-15-40(8,16-18-42)46-19-10-9-12-28(4)47-33(31)21-26(25)2/h11,13-14,20-24,28,36H,9-10,12,15-19H2,1-8H3,(H,44,45). The van der Waals surface area contributed by atoms with Crippen molar-refractivity contribution in [3.63, 3.8) is 0 Å². The molecule has 3 aliphatic heterocycles. The van der Waals surface area contributed by atoms with Crippen LogP contribution < -0.4 is 9.64 Å². The predicted molar refractivity (Wildman–Crippen MR) is 191 cm³/mol. The summed E-state index contributed by atoms with van der Waals surface area (Å²) < 4.78 is 21.5. The van der Waals surface area contributed by atoms with Crippen LogP contribution in [0.2, 0.25) is 0 Å². The number of carboxylic acids is 1. The van der Waals surface area contributed by atoms with E-state index in [2.05, 4.69) is 73.4 Å². The number of fused-ring (bicyclic) bond motifs is 8. The number of aryl methyl sites for hydroxylation is 3. The summed E-state index contributed by atoms with van der Waals surface area (Å²) in [5, 5.41) is 10.5. The minimum Gasteiger partial charge on any atom is -0.490 e. The van der Waals surface area contributed by atoms with Crippen LogP contribution in [0, 0.1) is 20.8 Å². The Morgan fingerprint density at radius 1 is 1.02 bits per heavy atom. The van der Waals surface area contributed by atoms with Crippen molar-refractivity contribution in [2.24, 2.45) is 0 Å². The lowest BCUT2D eigenvalue weighted by Crippen LogP contribution is -2.45. The fourth-order valence-electron chi connectivity index (χ4n) is 7.04. The zero-order valence-electron chi connectivity index (χ0n) is 29.9. The van der Waals surface area contributed by atoms with Gasteiger partial charge in [0.1, 0.15) is 17.2 Å². The molecule has 8 nitrogen and oxygen atoms in total. The molecular formula is C40H51N3O5. The largest absolute Gasteiger partial charge is 0.490 e. The highest BCUT2D eigenvalue weighted by Crippen LogP contribution is 2.40. The molecule has 2 aromatic heterocycles. The van der Waals surface area contributed by atoms with Crippen LogP contribution in [0.5, 0.6) is 5.75 Å². The summed E-state index contributed by atoms with van der Waals surface area (Å²) in [5.41, 5.74) is 7.71. The van der Waals surface area contributed by atoms with Crippen LogP contribution in [0.3, 0.4) is 0 Å². The fraction of sp³-hybridized carbons (Fsp3) is 0.500. The van der Waals surface area contributed by atoms with Crippen molar-refractivity contribution in [2.45, 2.75) is 111 Å². The van der Waals surface area contributed by atoms with Crippen LogP contribution in [-0.2, 0) is 14.3 Å². The number of piperidine rings is 1. The summed E-state index contributed by atoms with van der Waals surface area (Å²) in [6.45, 7) is 18.5. The molecule has 2 atom stereocenters.